The number of aromatic nitrogens is 2. The molecular formula is C22H27N5O. The molecule has 4 rings (SSSR count). The van der Waals surface area contributed by atoms with E-state index in [0.29, 0.717) is 12.1 Å². The number of carbonyl (C=O) groups excluding carboxylic acids is 1. The molecule has 1 fully saturated rings. The van der Waals surface area contributed by atoms with Gasteiger partial charge in [0.15, 0.2) is 0 Å². The quantitative estimate of drug-likeness (QED) is 0.718. The van der Waals surface area contributed by atoms with E-state index in [1.54, 1.807) is 0 Å². The highest BCUT2D eigenvalue weighted by molar-refractivity contribution is 5.94. The summed E-state index contributed by atoms with van der Waals surface area (Å²) in [5, 5.41) is 2.96. The number of nitrogens with zero attached hydrogens (tertiary/aromatic N) is 4. The molecule has 146 valence electrons. The van der Waals surface area contributed by atoms with Crippen LogP contribution in [0.25, 0.3) is 5.52 Å². The van der Waals surface area contributed by atoms with Gasteiger partial charge < -0.3 is 14.6 Å². The molecule has 1 amide bonds. The van der Waals surface area contributed by atoms with Gasteiger partial charge in [-0.3, -0.25) is 14.7 Å². The molecule has 0 unspecified atom stereocenters. The van der Waals surface area contributed by atoms with Crippen LogP contribution in [0.2, 0.25) is 0 Å². The summed E-state index contributed by atoms with van der Waals surface area (Å²) in [5.74, 6) is 1.14. The third-order valence-electron chi connectivity index (χ3n) is 5.25. The van der Waals surface area contributed by atoms with Gasteiger partial charge in [0.1, 0.15) is 5.82 Å². The van der Waals surface area contributed by atoms with Crippen LogP contribution in [0.15, 0.2) is 55.0 Å². The first-order valence-corrected chi connectivity index (χ1v) is 10.00. The maximum Gasteiger partial charge on any atom is 0.252 e. The van der Waals surface area contributed by atoms with Gasteiger partial charge in [-0.25, -0.2) is 0 Å². The SMILES string of the molecule is CCCNC(=O)c1ccc2ccc(N3CCN(Cc4cccnc4)CC3)n2c1. The van der Waals surface area contributed by atoms with E-state index in [1.165, 1.54) is 5.56 Å². The molecular weight excluding hydrogens is 350 g/mol. The zero-order valence-electron chi connectivity index (χ0n) is 16.3. The lowest BCUT2D eigenvalue weighted by Crippen LogP contribution is -2.46. The van der Waals surface area contributed by atoms with E-state index >= 15 is 0 Å². The van der Waals surface area contributed by atoms with Gasteiger partial charge in [-0.1, -0.05) is 13.0 Å². The number of piperazine rings is 1. The summed E-state index contributed by atoms with van der Waals surface area (Å²) in [6.45, 7) is 7.67. The maximum absolute atomic E-state index is 12.3. The lowest BCUT2D eigenvalue weighted by Gasteiger charge is -2.35. The molecule has 0 spiro atoms. The second kappa shape index (κ2) is 8.44. The third kappa shape index (κ3) is 4.02. The molecule has 1 N–H and O–H groups in total. The van der Waals surface area contributed by atoms with Crippen molar-refractivity contribution < 1.29 is 4.79 Å². The average molecular weight is 377 g/mol. The predicted octanol–water partition coefficient (Wildman–Crippen LogP) is 2.80. The second-order valence-corrected chi connectivity index (χ2v) is 7.28. The monoisotopic (exact) mass is 377 g/mol. The Morgan fingerprint density at radius 2 is 1.93 bits per heavy atom. The van der Waals surface area contributed by atoms with Gasteiger partial charge in [0.25, 0.3) is 5.91 Å². The van der Waals surface area contributed by atoms with Crippen LogP contribution in [-0.4, -0.2) is 52.9 Å². The number of anilines is 1. The number of carbonyl (C=O) groups is 1. The standard InChI is InChI=1S/C22H27N5O/c1-2-9-24-22(28)19-5-6-20-7-8-21(27(20)17-19)26-13-11-25(12-14-26)16-18-4-3-10-23-15-18/h3-8,10,15,17H,2,9,11-14,16H2,1H3,(H,24,28). The van der Waals surface area contributed by atoms with Gasteiger partial charge in [-0.05, 0) is 42.3 Å². The largest absolute Gasteiger partial charge is 0.355 e. The first-order valence-electron chi connectivity index (χ1n) is 10.00. The Morgan fingerprint density at radius 1 is 1.11 bits per heavy atom. The molecule has 28 heavy (non-hydrogen) atoms. The molecule has 6 heteroatoms. The van der Waals surface area contributed by atoms with Crippen LogP contribution in [0.1, 0.15) is 29.3 Å². The van der Waals surface area contributed by atoms with Crippen molar-refractivity contribution in [1.29, 1.82) is 0 Å². The highest BCUT2D eigenvalue weighted by Gasteiger charge is 2.20. The molecule has 0 radical (unpaired) electrons. The normalized spacial score (nSPS) is 15.1. The fraction of sp³-hybridized carbons (Fsp3) is 0.364. The van der Waals surface area contributed by atoms with Crippen molar-refractivity contribution in [3.63, 3.8) is 0 Å². The predicted molar refractivity (Wildman–Crippen MR) is 112 cm³/mol. The molecule has 0 aromatic carbocycles. The van der Waals surface area contributed by atoms with Crippen molar-refractivity contribution >= 4 is 17.2 Å². The van der Waals surface area contributed by atoms with E-state index in [2.05, 4.69) is 49.6 Å². The lowest BCUT2D eigenvalue weighted by atomic mass is 10.2. The summed E-state index contributed by atoms with van der Waals surface area (Å²) in [5.41, 5.74) is 3.07. The van der Waals surface area contributed by atoms with Crippen LogP contribution in [0.5, 0.6) is 0 Å². The highest BCUT2D eigenvalue weighted by atomic mass is 16.1. The van der Waals surface area contributed by atoms with Gasteiger partial charge in [0.05, 0.1) is 5.56 Å². The second-order valence-electron chi connectivity index (χ2n) is 7.28. The summed E-state index contributed by atoms with van der Waals surface area (Å²) in [7, 11) is 0. The minimum atomic E-state index is -0.00955. The highest BCUT2D eigenvalue weighted by Crippen LogP contribution is 2.22. The van der Waals surface area contributed by atoms with Crippen molar-refractivity contribution in [1.82, 2.24) is 19.6 Å². The number of nitrogens with one attached hydrogen (secondary N) is 1. The van der Waals surface area contributed by atoms with Crippen LogP contribution in [0.4, 0.5) is 5.82 Å². The van der Waals surface area contributed by atoms with Crippen LogP contribution in [0, 0.1) is 0 Å². The molecule has 0 bridgehead atoms. The fourth-order valence-corrected chi connectivity index (χ4v) is 3.70. The van der Waals surface area contributed by atoms with Crippen molar-refractivity contribution in [3.05, 3.63) is 66.1 Å². The minimum absolute atomic E-state index is 0.00955. The van der Waals surface area contributed by atoms with E-state index in [0.717, 1.165) is 50.5 Å². The third-order valence-corrected chi connectivity index (χ3v) is 5.25. The topological polar surface area (TPSA) is 52.9 Å². The molecule has 0 aliphatic carbocycles. The van der Waals surface area contributed by atoms with Gasteiger partial charge >= 0.3 is 0 Å². The smallest absolute Gasteiger partial charge is 0.252 e. The van der Waals surface area contributed by atoms with Gasteiger partial charge in [0.2, 0.25) is 0 Å². The van der Waals surface area contributed by atoms with Crippen LogP contribution in [0.3, 0.4) is 0 Å². The van der Waals surface area contributed by atoms with E-state index in [1.807, 2.05) is 36.8 Å². The van der Waals surface area contributed by atoms with Crippen molar-refractivity contribution in [3.8, 4) is 0 Å². The summed E-state index contributed by atoms with van der Waals surface area (Å²) < 4.78 is 2.14. The molecule has 6 nitrogen and oxygen atoms in total. The molecule has 3 aromatic rings. The lowest BCUT2D eigenvalue weighted by molar-refractivity contribution is 0.0953. The Labute approximate surface area is 165 Å². The zero-order valence-corrected chi connectivity index (χ0v) is 16.3. The average Bonchev–Trinajstić information content (AvgIpc) is 3.16. The molecule has 0 atom stereocenters. The molecule has 0 saturated carbocycles. The van der Waals surface area contributed by atoms with Gasteiger partial charge in [-0.15, -0.1) is 0 Å². The van der Waals surface area contributed by atoms with Crippen molar-refractivity contribution in [2.45, 2.75) is 19.9 Å². The number of fused-ring (bicyclic) bond motifs is 1. The molecule has 1 aliphatic heterocycles. The summed E-state index contributed by atoms with van der Waals surface area (Å²) in [6.07, 6.45) is 6.65. The molecule has 1 aliphatic rings. The Bertz CT molecular complexity index is 929. The van der Waals surface area contributed by atoms with E-state index in [9.17, 15) is 4.79 Å². The molecule has 3 aromatic heterocycles. The Hall–Kier alpha value is -2.86. The fourth-order valence-electron chi connectivity index (χ4n) is 3.70. The van der Waals surface area contributed by atoms with E-state index < -0.39 is 0 Å². The summed E-state index contributed by atoms with van der Waals surface area (Å²) in [6, 6.07) is 12.3. The Morgan fingerprint density at radius 3 is 2.68 bits per heavy atom. The first-order chi connectivity index (χ1) is 13.7. The van der Waals surface area contributed by atoms with Crippen LogP contribution < -0.4 is 10.2 Å². The van der Waals surface area contributed by atoms with Gasteiger partial charge in [-0.2, -0.15) is 0 Å². The zero-order chi connectivity index (χ0) is 19.3. The number of hydrogen-bond donors (Lipinski definition) is 1. The first kappa shape index (κ1) is 18.5. The number of amides is 1. The van der Waals surface area contributed by atoms with E-state index in [4.69, 9.17) is 0 Å². The summed E-state index contributed by atoms with van der Waals surface area (Å²) in [4.78, 5) is 21.4. The molecule has 4 heterocycles. The van der Waals surface area contributed by atoms with Crippen LogP contribution in [-0.2, 0) is 6.54 Å². The van der Waals surface area contributed by atoms with Gasteiger partial charge in [0, 0.05) is 63.4 Å². The number of rotatable bonds is 6. The minimum Gasteiger partial charge on any atom is -0.355 e. The van der Waals surface area contributed by atoms with Crippen molar-refractivity contribution in [2.75, 3.05) is 37.6 Å². The van der Waals surface area contributed by atoms with E-state index in [-0.39, 0.29) is 5.91 Å². The molecule has 1 saturated heterocycles. The van der Waals surface area contributed by atoms with Crippen molar-refractivity contribution in [2.24, 2.45) is 0 Å². The van der Waals surface area contributed by atoms with Crippen LogP contribution >= 0.6 is 0 Å². The Balaban J connectivity index is 1.45. The summed E-state index contributed by atoms with van der Waals surface area (Å²) >= 11 is 0. The number of pyridine rings is 2. The number of hydrogen-bond acceptors (Lipinski definition) is 4. The Kier molecular flexibility index (Phi) is 5.58. The maximum atomic E-state index is 12.3.